The molecule has 2 amide bonds. The van der Waals surface area contributed by atoms with Gasteiger partial charge in [0.2, 0.25) is 0 Å². The summed E-state index contributed by atoms with van der Waals surface area (Å²) in [5.41, 5.74) is 3.24. The fourth-order valence-corrected chi connectivity index (χ4v) is 5.21. The van der Waals surface area contributed by atoms with Gasteiger partial charge < -0.3 is 24.6 Å². The molecule has 9 nitrogen and oxygen atoms in total. The van der Waals surface area contributed by atoms with E-state index in [9.17, 15) is 24.6 Å². The van der Waals surface area contributed by atoms with Crippen molar-refractivity contribution in [2.24, 2.45) is 0 Å². The number of carboxylic acids is 1. The smallest absolute Gasteiger partial charge is 0.335 e. The molecule has 0 bridgehead atoms. The summed E-state index contributed by atoms with van der Waals surface area (Å²) < 4.78 is 1.79. The highest BCUT2D eigenvalue weighted by atomic mass is 16.4. The number of carboxylic acid groups (broad SMARTS) is 1. The third kappa shape index (κ3) is 7.03. The predicted octanol–water partition coefficient (Wildman–Crippen LogP) is 4.87. The molecule has 0 atom stereocenters. The zero-order valence-corrected chi connectivity index (χ0v) is 24.0. The summed E-state index contributed by atoms with van der Waals surface area (Å²) in [7, 11) is 0. The van der Waals surface area contributed by atoms with Crippen LogP contribution in [0.25, 0.3) is 11.4 Å². The Morgan fingerprint density at radius 3 is 2.34 bits per heavy atom. The summed E-state index contributed by atoms with van der Waals surface area (Å²) in [5.74, 6) is -1.17. The normalized spacial score (nSPS) is 12.7. The standard InChI is InChI=1S/C32H40N4O5/c1-3-5-15-34(16-6-4-2)31(39)28-22-35(17-9-19-37)29(33-28)26-13-12-24(32(40)41)20-27(26)30(38)36-18-14-23-10-7-8-11-25(23)21-36/h7-8,10-13,20,22,37H,3-6,9,14-19,21H2,1-2H3,(H,40,41). The number of aliphatic hydroxyl groups is 1. The first kappa shape index (κ1) is 30.0. The third-order valence-corrected chi connectivity index (χ3v) is 7.56. The van der Waals surface area contributed by atoms with Crippen LogP contribution in [0.2, 0.25) is 0 Å². The van der Waals surface area contributed by atoms with E-state index < -0.39 is 5.97 Å². The molecule has 4 rings (SSSR count). The van der Waals surface area contributed by atoms with Crippen molar-refractivity contribution in [1.82, 2.24) is 19.4 Å². The minimum Gasteiger partial charge on any atom is -0.478 e. The Kier molecular flexibility index (Phi) is 10.3. The van der Waals surface area contributed by atoms with Gasteiger partial charge in [0.25, 0.3) is 11.8 Å². The molecule has 2 heterocycles. The molecule has 1 aliphatic rings. The number of nitrogens with zero attached hydrogens (tertiary/aromatic N) is 4. The molecule has 9 heteroatoms. The van der Waals surface area contributed by atoms with E-state index in [0.717, 1.165) is 31.2 Å². The Morgan fingerprint density at radius 2 is 1.68 bits per heavy atom. The second-order valence-electron chi connectivity index (χ2n) is 10.5. The van der Waals surface area contributed by atoms with E-state index in [1.54, 1.807) is 21.7 Å². The van der Waals surface area contributed by atoms with Gasteiger partial charge in [0.15, 0.2) is 0 Å². The Labute approximate surface area is 241 Å². The van der Waals surface area contributed by atoms with E-state index in [4.69, 9.17) is 4.98 Å². The number of aryl methyl sites for hydroxylation is 1. The second kappa shape index (κ2) is 14.1. The molecule has 0 saturated heterocycles. The Hall–Kier alpha value is -3.98. The van der Waals surface area contributed by atoms with Gasteiger partial charge in [-0.3, -0.25) is 9.59 Å². The lowest BCUT2D eigenvalue weighted by Gasteiger charge is -2.29. The summed E-state index contributed by atoms with van der Waals surface area (Å²) in [6.45, 7) is 6.74. The lowest BCUT2D eigenvalue weighted by atomic mass is 9.97. The molecule has 0 fully saturated rings. The summed E-state index contributed by atoms with van der Waals surface area (Å²) in [6, 6.07) is 12.5. The van der Waals surface area contributed by atoms with E-state index in [1.165, 1.54) is 17.7 Å². The van der Waals surface area contributed by atoms with Gasteiger partial charge in [0.05, 0.1) is 11.1 Å². The van der Waals surface area contributed by atoms with Crippen molar-refractivity contribution in [3.63, 3.8) is 0 Å². The van der Waals surface area contributed by atoms with Gasteiger partial charge in [-0.1, -0.05) is 51.0 Å². The number of amides is 2. The number of aromatic nitrogens is 2. The quantitative estimate of drug-likeness (QED) is 0.308. The zero-order valence-electron chi connectivity index (χ0n) is 24.0. The molecule has 1 aromatic heterocycles. The fraction of sp³-hybridized carbons (Fsp3) is 0.438. The Morgan fingerprint density at radius 1 is 0.976 bits per heavy atom. The Bertz CT molecular complexity index is 1370. The number of fused-ring (bicyclic) bond motifs is 1. The molecular weight excluding hydrogens is 520 g/mol. The van der Waals surface area contributed by atoms with E-state index in [-0.39, 0.29) is 35.2 Å². The monoisotopic (exact) mass is 560 g/mol. The van der Waals surface area contributed by atoms with E-state index in [0.29, 0.717) is 57.0 Å². The van der Waals surface area contributed by atoms with Crippen molar-refractivity contribution in [3.8, 4) is 11.4 Å². The van der Waals surface area contributed by atoms with Crippen LogP contribution in [0.5, 0.6) is 0 Å². The van der Waals surface area contributed by atoms with Gasteiger partial charge in [-0.2, -0.15) is 0 Å². The minimum atomic E-state index is -1.13. The molecule has 0 spiro atoms. The molecule has 3 aromatic rings. The van der Waals surface area contributed by atoms with Crippen molar-refractivity contribution in [3.05, 3.63) is 76.6 Å². The van der Waals surface area contributed by atoms with Crippen molar-refractivity contribution in [2.45, 2.75) is 65.5 Å². The molecule has 218 valence electrons. The molecule has 2 N–H and O–H groups in total. The molecule has 2 aromatic carbocycles. The van der Waals surface area contributed by atoms with Gasteiger partial charge in [0, 0.05) is 51.1 Å². The van der Waals surface area contributed by atoms with Crippen LogP contribution < -0.4 is 0 Å². The number of benzene rings is 2. The summed E-state index contributed by atoms with van der Waals surface area (Å²) >= 11 is 0. The first-order chi connectivity index (χ1) is 19.9. The van der Waals surface area contributed by atoms with Crippen LogP contribution in [0.4, 0.5) is 0 Å². The topological polar surface area (TPSA) is 116 Å². The van der Waals surface area contributed by atoms with Crippen LogP contribution in [0.15, 0.2) is 48.7 Å². The summed E-state index contributed by atoms with van der Waals surface area (Å²) in [4.78, 5) is 47.8. The average molecular weight is 561 g/mol. The number of imidazole rings is 1. The largest absolute Gasteiger partial charge is 0.478 e. The van der Waals surface area contributed by atoms with Crippen LogP contribution in [-0.4, -0.2) is 73.6 Å². The van der Waals surface area contributed by atoms with Crippen molar-refractivity contribution in [2.75, 3.05) is 26.2 Å². The molecule has 1 aliphatic heterocycles. The van der Waals surface area contributed by atoms with E-state index in [2.05, 4.69) is 19.9 Å². The van der Waals surface area contributed by atoms with Crippen LogP contribution in [0.3, 0.4) is 0 Å². The number of aromatic carboxylic acids is 1. The average Bonchev–Trinajstić information content (AvgIpc) is 3.42. The highest BCUT2D eigenvalue weighted by molar-refractivity contribution is 6.03. The number of aliphatic hydroxyl groups excluding tert-OH is 1. The number of carbonyl (C=O) groups is 3. The summed E-state index contributed by atoms with van der Waals surface area (Å²) in [6.07, 6.45) is 6.55. The van der Waals surface area contributed by atoms with Gasteiger partial charge in [-0.15, -0.1) is 0 Å². The fourth-order valence-electron chi connectivity index (χ4n) is 5.21. The highest BCUT2D eigenvalue weighted by Crippen LogP contribution is 2.29. The molecule has 41 heavy (non-hydrogen) atoms. The van der Waals surface area contributed by atoms with Gasteiger partial charge in [0.1, 0.15) is 11.5 Å². The number of rotatable bonds is 13. The van der Waals surface area contributed by atoms with Crippen molar-refractivity contribution < 1.29 is 24.6 Å². The number of unbranched alkanes of at least 4 members (excludes halogenated alkanes) is 2. The van der Waals surface area contributed by atoms with Crippen LogP contribution in [0, 0.1) is 0 Å². The maximum atomic E-state index is 14.0. The van der Waals surface area contributed by atoms with E-state index in [1.807, 2.05) is 23.1 Å². The molecule has 0 saturated carbocycles. The zero-order chi connectivity index (χ0) is 29.4. The molecule has 0 aliphatic carbocycles. The second-order valence-corrected chi connectivity index (χ2v) is 10.5. The lowest BCUT2D eigenvalue weighted by molar-refractivity contribution is 0.0695. The predicted molar refractivity (Wildman–Crippen MR) is 157 cm³/mol. The van der Waals surface area contributed by atoms with Crippen molar-refractivity contribution >= 4 is 17.8 Å². The van der Waals surface area contributed by atoms with Crippen LogP contribution in [0.1, 0.15) is 88.3 Å². The maximum Gasteiger partial charge on any atom is 0.335 e. The SMILES string of the molecule is CCCCN(CCCC)C(=O)c1cn(CCCO)c(-c2ccc(C(=O)O)cc2C(=O)N2CCc3ccccc3C2)n1. The van der Waals surface area contributed by atoms with Gasteiger partial charge >= 0.3 is 5.97 Å². The molecular formula is C32H40N4O5. The molecule has 0 radical (unpaired) electrons. The van der Waals surface area contributed by atoms with Gasteiger partial charge in [-0.25, -0.2) is 9.78 Å². The molecule has 0 unspecified atom stereocenters. The van der Waals surface area contributed by atoms with Crippen LogP contribution in [-0.2, 0) is 19.5 Å². The number of hydrogen-bond acceptors (Lipinski definition) is 5. The van der Waals surface area contributed by atoms with Crippen molar-refractivity contribution in [1.29, 1.82) is 0 Å². The minimum absolute atomic E-state index is 0.00424. The van der Waals surface area contributed by atoms with Gasteiger partial charge in [-0.05, 0) is 55.0 Å². The maximum absolute atomic E-state index is 14.0. The van der Waals surface area contributed by atoms with E-state index >= 15 is 0 Å². The first-order valence-electron chi connectivity index (χ1n) is 14.6. The summed E-state index contributed by atoms with van der Waals surface area (Å²) in [5, 5.41) is 19.3. The highest BCUT2D eigenvalue weighted by Gasteiger charge is 2.28. The third-order valence-electron chi connectivity index (χ3n) is 7.56. The first-order valence-corrected chi connectivity index (χ1v) is 14.6. The van der Waals surface area contributed by atoms with Crippen LogP contribution >= 0.6 is 0 Å². The number of hydrogen-bond donors (Lipinski definition) is 2. The number of carbonyl (C=O) groups excluding carboxylic acids is 2. The Balaban J connectivity index is 1.75. The lowest BCUT2D eigenvalue weighted by Crippen LogP contribution is -2.36.